The van der Waals surface area contributed by atoms with Crippen molar-refractivity contribution in [2.24, 2.45) is 0 Å². The maximum absolute atomic E-state index is 13.7. The third-order valence-corrected chi connectivity index (χ3v) is 8.53. The monoisotopic (exact) mass is 542 g/mol. The summed E-state index contributed by atoms with van der Waals surface area (Å²) >= 11 is 0. The van der Waals surface area contributed by atoms with E-state index in [2.05, 4.69) is 16.0 Å². The van der Waals surface area contributed by atoms with Crippen molar-refractivity contribution in [2.75, 3.05) is 0 Å². The van der Waals surface area contributed by atoms with Gasteiger partial charge < -0.3 is 5.11 Å². The molecule has 9 heteroatoms. The minimum Gasteiger partial charge on any atom is -0.493 e. The lowest BCUT2D eigenvalue weighted by Gasteiger charge is -2.25. The van der Waals surface area contributed by atoms with Gasteiger partial charge in [0.2, 0.25) is 15.7 Å². The first kappa shape index (κ1) is 27.7. The van der Waals surface area contributed by atoms with Crippen molar-refractivity contribution < 1.29 is 13.5 Å². The molecule has 0 radical (unpaired) electrons. The van der Waals surface area contributed by atoms with E-state index in [-0.39, 0.29) is 4.90 Å². The number of sulfone groups is 1. The summed E-state index contributed by atoms with van der Waals surface area (Å²) in [6.45, 7) is 5.74. The van der Waals surface area contributed by atoms with Crippen LogP contribution in [0.15, 0.2) is 81.4 Å². The number of nitrogens with zero attached hydrogens (tertiary/aromatic N) is 4. The van der Waals surface area contributed by atoms with Crippen molar-refractivity contribution in [3.05, 3.63) is 99.9 Å². The van der Waals surface area contributed by atoms with E-state index in [0.29, 0.717) is 36.2 Å². The van der Waals surface area contributed by atoms with Crippen LogP contribution in [0.1, 0.15) is 61.8 Å². The van der Waals surface area contributed by atoms with Crippen LogP contribution in [0, 0.1) is 18.3 Å². The third kappa shape index (κ3) is 5.47. The highest BCUT2D eigenvalue weighted by molar-refractivity contribution is 7.91. The van der Waals surface area contributed by atoms with Crippen LogP contribution in [-0.2, 0) is 16.3 Å². The predicted octanol–water partition coefficient (Wildman–Crippen LogP) is 5.37. The standard InChI is InChI=1S/C30H30N4O4S/c1-4-6-12-27-33-29(35)28(30(36)34(27)26(5-2)23-10-7-9-21(18-23)19-31)39(37,38)24-15-13-22(14-16-24)25-11-8-17-32-20(25)3/h7-11,13-18,26,36H,4-6,12H2,1-3H3/t26-/m0/s1. The Balaban J connectivity index is 1.88. The van der Waals surface area contributed by atoms with E-state index in [4.69, 9.17) is 0 Å². The summed E-state index contributed by atoms with van der Waals surface area (Å²) < 4.78 is 28.9. The molecule has 0 bridgehead atoms. The maximum Gasteiger partial charge on any atom is 0.296 e. The number of pyridine rings is 1. The Hall–Kier alpha value is -4.29. The van der Waals surface area contributed by atoms with Gasteiger partial charge in [-0.05, 0) is 61.2 Å². The highest BCUT2D eigenvalue weighted by Gasteiger charge is 2.32. The Kier molecular flexibility index (Phi) is 8.27. The summed E-state index contributed by atoms with van der Waals surface area (Å²) in [7, 11) is -4.42. The Labute approximate surface area is 228 Å². The summed E-state index contributed by atoms with van der Waals surface area (Å²) in [6.07, 6.45) is 4.04. The van der Waals surface area contributed by atoms with Gasteiger partial charge in [0.15, 0.2) is 4.90 Å². The second-order valence-electron chi connectivity index (χ2n) is 9.28. The fourth-order valence-electron chi connectivity index (χ4n) is 4.73. The molecule has 0 aliphatic rings. The first-order chi connectivity index (χ1) is 18.7. The second kappa shape index (κ2) is 11.6. The lowest BCUT2D eigenvalue weighted by Crippen LogP contribution is -2.27. The first-order valence-corrected chi connectivity index (χ1v) is 14.3. The Morgan fingerprint density at radius 1 is 1.08 bits per heavy atom. The van der Waals surface area contributed by atoms with E-state index in [1.165, 1.54) is 16.7 Å². The Morgan fingerprint density at radius 3 is 2.46 bits per heavy atom. The van der Waals surface area contributed by atoms with Crippen LogP contribution in [-0.4, -0.2) is 28.1 Å². The van der Waals surface area contributed by atoms with Crippen molar-refractivity contribution in [1.82, 2.24) is 14.5 Å². The number of unbranched alkanes of at least 4 members (excludes halogenated alkanes) is 1. The van der Waals surface area contributed by atoms with E-state index in [9.17, 15) is 23.6 Å². The molecule has 0 saturated heterocycles. The number of aromatic hydroxyl groups is 1. The van der Waals surface area contributed by atoms with Gasteiger partial charge in [-0.25, -0.2) is 8.42 Å². The summed E-state index contributed by atoms with van der Waals surface area (Å²) in [6, 6.07) is 18.3. The van der Waals surface area contributed by atoms with Crippen molar-refractivity contribution >= 4 is 9.84 Å². The van der Waals surface area contributed by atoms with Gasteiger partial charge in [0.1, 0.15) is 5.82 Å². The van der Waals surface area contributed by atoms with Gasteiger partial charge in [-0.1, -0.05) is 50.6 Å². The van der Waals surface area contributed by atoms with Crippen molar-refractivity contribution in [1.29, 1.82) is 5.26 Å². The average molecular weight is 543 g/mol. The lowest BCUT2D eigenvalue weighted by atomic mass is 10.0. The zero-order valence-electron chi connectivity index (χ0n) is 22.1. The van der Waals surface area contributed by atoms with Gasteiger partial charge in [0.25, 0.3) is 5.56 Å². The number of aryl methyl sites for hydroxylation is 2. The SMILES string of the molecule is CCCCc1nc(=O)c(S(=O)(=O)c2ccc(-c3cccnc3C)cc2)c(O)n1[C@@H](CC)c1cccc(C#N)c1. The number of hydrogen-bond acceptors (Lipinski definition) is 7. The van der Waals surface area contributed by atoms with Crippen molar-refractivity contribution in [3.8, 4) is 23.1 Å². The number of hydrogen-bond donors (Lipinski definition) is 1. The molecule has 39 heavy (non-hydrogen) atoms. The van der Waals surface area contributed by atoms with Crippen LogP contribution < -0.4 is 5.56 Å². The molecule has 0 amide bonds. The third-order valence-electron chi connectivity index (χ3n) is 6.74. The molecular formula is C30H30N4O4S. The minimum atomic E-state index is -4.42. The largest absolute Gasteiger partial charge is 0.493 e. The van der Waals surface area contributed by atoms with E-state index in [1.54, 1.807) is 42.6 Å². The summed E-state index contributed by atoms with van der Waals surface area (Å²) in [5, 5.41) is 20.9. The van der Waals surface area contributed by atoms with Gasteiger partial charge in [-0.2, -0.15) is 10.2 Å². The van der Waals surface area contributed by atoms with Gasteiger partial charge in [-0.15, -0.1) is 0 Å². The second-order valence-corrected chi connectivity index (χ2v) is 11.2. The van der Waals surface area contributed by atoms with Crippen molar-refractivity contribution in [2.45, 2.75) is 62.3 Å². The number of benzene rings is 2. The molecular weight excluding hydrogens is 512 g/mol. The maximum atomic E-state index is 13.7. The molecule has 2 aromatic heterocycles. The molecule has 0 fully saturated rings. The molecule has 2 aromatic carbocycles. The first-order valence-electron chi connectivity index (χ1n) is 12.8. The molecule has 200 valence electrons. The molecule has 4 aromatic rings. The minimum absolute atomic E-state index is 0.130. The molecule has 1 N–H and O–H groups in total. The average Bonchev–Trinajstić information content (AvgIpc) is 2.94. The molecule has 0 unspecified atom stereocenters. The topological polar surface area (TPSA) is 126 Å². The summed E-state index contributed by atoms with van der Waals surface area (Å²) in [5.41, 5.74) is 2.58. The van der Waals surface area contributed by atoms with Gasteiger partial charge >= 0.3 is 0 Å². The van der Waals surface area contributed by atoms with Crippen LogP contribution in [0.2, 0.25) is 0 Å². The highest BCUT2D eigenvalue weighted by atomic mass is 32.2. The normalized spacial score (nSPS) is 12.2. The van der Waals surface area contributed by atoms with Crippen molar-refractivity contribution in [3.63, 3.8) is 0 Å². The van der Waals surface area contributed by atoms with E-state index in [0.717, 1.165) is 23.2 Å². The van der Waals surface area contributed by atoms with Crippen LogP contribution in [0.3, 0.4) is 0 Å². The molecule has 0 spiro atoms. The van der Waals surface area contributed by atoms with Gasteiger partial charge in [0, 0.05) is 23.9 Å². The zero-order chi connectivity index (χ0) is 28.2. The number of nitriles is 1. The van der Waals surface area contributed by atoms with Gasteiger partial charge in [-0.3, -0.25) is 14.3 Å². The molecule has 4 rings (SSSR count). The number of rotatable bonds is 9. The van der Waals surface area contributed by atoms with Gasteiger partial charge in [0.05, 0.1) is 22.6 Å². The van der Waals surface area contributed by atoms with E-state index < -0.39 is 32.2 Å². The molecule has 2 heterocycles. The summed E-state index contributed by atoms with van der Waals surface area (Å²) in [4.78, 5) is 20.7. The Morgan fingerprint density at radius 2 is 1.82 bits per heavy atom. The Bertz CT molecular complexity index is 1700. The molecule has 1 atom stereocenters. The number of aromatic nitrogens is 3. The quantitative estimate of drug-likeness (QED) is 0.301. The van der Waals surface area contributed by atoms with Crippen LogP contribution in [0.5, 0.6) is 5.88 Å². The fourth-order valence-corrected chi connectivity index (χ4v) is 6.07. The highest BCUT2D eigenvalue weighted by Crippen LogP contribution is 2.34. The summed E-state index contributed by atoms with van der Waals surface area (Å²) in [5.74, 6) is -0.350. The van der Waals surface area contributed by atoms with Crippen LogP contribution in [0.25, 0.3) is 11.1 Å². The smallest absolute Gasteiger partial charge is 0.296 e. The molecule has 0 saturated carbocycles. The van der Waals surface area contributed by atoms with Crippen LogP contribution in [0.4, 0.5) is 0 Å². The fraction of sp³-hybridized carbons (Fsp3) is 0.267. The zero-order valence-corrected chi connectivity index (χ0v) is 22.9. The van der Waals surface area contributed by atoms with Crippen LogP contribution >= 0.6 is 0 Å². The lowest BCUT2D eigenvalue weighted by molar-refractivity contribution is 0.358. The predicted molar refractivity (Wildman–Crippen MR) is 148 cm³/mol. The molecule has 0 aliphatic carbocycles. The van der Waals surface area contributed by atoms with E-state index in [1.807, 2.05) is 32.9 Å². The molecule has 0 aliphatic heterocycles. The van der Waals surface area contributed by atoms with E-state index >= 15 is 0 Å². The molecule has 8 nitrogen and oxygen atoms in total.